The molecule has 0 spiro atoms. The average molecular weight is 512 g/mol. The highest BCUT2D eigenvalue weighted by Crippen LogP contribution is 2.37. The number of hydrogen-bond acceptors (Lipinski definition) is 5. The molecule has 0 saturated carbocycles. The zero-order valence-corrected chi connectivity index (χ0v) is 20.6. The van der Waals surface area contributed by atoms with E-state index in [4.69, 9.17) is 23.2 Å². The summed E-state index contributed by atoms with van der Waals surface area (Å²) in [4.78, 5) is 23.1. The van der Waals surface area contributed by atoms with Gasteiger partial charge in [-0.3, -0.25) is 0 Å². The lowest BCUT2D eigenvalue weighted by Gasteiger charge is -2.14. The summed E-state index contributed by atoms with van der Waals surface area (Å²) in [6.45, 7) is 2.17. The quantitative estimate of drug-likeness (QED) is 0.184. The first-order valence-corrected chi connectivity index (χ1v) is 11.7. The van der Waals surface area contributed by atoms with Crippen molar-refractivity contribution in [1.82, 2.24) is 6.15 Å². The summed E-state index contributed by atoms with van der Waals surface area (Å²) in [7, 11) is 0. The van der Waals surface area contributed by atoms with E-state index in [1.807, 2.05) is 6.08 Å². The van der Waals surface area contributed by atoms with Crippen molar-refractivity contribution in [3.8, 4) is 11.5 Å². The molecular weight excluding hydrogens is 481 g/mol. The lowest BCUT2D eigenvalue weighted by atomic mass is 9.93. The Bertz CT molecular complexity index is 981. The Morgan fingerprint density at radius 3 is 1.59 bits per heavy atom. The average Bonchev–Trinajstić information content (AvgIpc) is 2.76. The Hall–Kier alpha value is -2.74. The summed E-state index contributed by atoms with van der Waals surface area (Å²) < 4.78 is 0. The second kappa shape index (κ2) is 13.8. The highest BCUT2D eigenvalue weighted by atomic mass is 35.5. The molecule has 0 heterocycles. The van der Waals surface area contributed by atoms with Crippen LogP contribution in [0.15, 0.2) is 30.3 Å². The first-order valence-electron chi connectivity index (χ1n) is 10.9. The lowest BCUT2D eigenvalue weighted by molar-refractivity contribution is 0.0682. The van der Waals surface area contributed by atoms with Gasteiger partial charge in [-0.25, -0.2) is 9.59 Å². The second-order valence-corrected chi connectivity index (χ2v) is 8.66. The molecule has 2 aromatic carbocycles. The number of unbranched alkanes of at least 4 members (excludes halogenated alkanes) is 7. The van der Waals surface area contributed by atoms with Crippen molar-refractivity contribution in [3.05, 3.63) is 62.6 Å². The van der Waals surface area contributed by atoms with Gasteiger partial charge in [-0.05, 0) is 53.8 Å². The van der Waals surface area contributed by atoms with E-state index in [1.54, 1.807) is 0 Å². The van der Waals surface area contributed by atoms with Gasteiger partial charge in [0.05, 0.1) is 10.0 Å². The maximum atomic E-state index is 11.6. The van der Waals surface area contributed by atoms with Gasteiger partial charge >= 0.3 is 11.9 Å². The Kier molecular flexibility index (Phi) is 11.9. The topological polar surface area (TPSA) is 150 Å². The van der Waals surface area contributed by atoms with Crippen LogP contribution in [0.5, 0.6) is 11.5 Å². The third kappa shape index (κ3) is 7.65. The van der Waals surface area contributed by atoms with Crippen molar-refractivity contribution in [1.29, 1.82) is 0 Å². The van der Waals surface area contributed by atoms with Crippen LogP contribution in [-0.4, -0.2) is 32.4 Å². The minimum Gasteiger partial charge on any atom is -0.505 e. The fourth-order valence-corrected chi connectivity index (χ4v) is 4.02. The monoisotopic (exact) mass is 511 g/mol. The molecule has 34 heavy (non-hydrogen) atoms. The predicted molar refractivity (Wildman–Crippen MR) is 135 cm³/mol. The van der Waals surface area contributed by atoms with Crippen molar-refractivity contribution in [3.63, 3.8) is 0 Å². The van der Waals surface area contributed by atoms with Gasteiger partial charge in [-0.1, -0.05) is 74.7 Å². The number of carboxylic acids is 2. The summed E-state index contributed by atoms with van der Waals surface area (Å²) in [5.74, 6) is -3.79. The fraction of sp³-hybridized carbons (Fsp3) is 0.360. The van der Waals surface area contributed by atoms with Crippen molar-refractivity contribution in [2.45, 2.75) is 58.3 Å². The van der Waals surface area contributed by atoms with Crippen molar-refractivity contribution >= 4 is 40.7 Å². The zero-order valence-electron chi connectivity index (χ0n) is 19.1. The van der Waals surface area contributed by atoms with Gasteiger partial charge < -0.3 is 26.6 Å². The predicted octanol–water partition coefficient (Wildman–Crippen LogP) is 7.54. The Balaban J connectivity index is 0.00000578. The van der Waals surface area contributed by atoms with Gasteiger partial charge in [0.15, 0.2) is 0 Å². The molecule has 9 heteroatoms. The van der Waals surface area contributed by atoms with E-state index in [0.717, 1.165) is 19.3 Å². The Labute approximate surface area is 209 Å². The molecular formula is C25H31Cl2NO6. The number of hydrogen-bond donors (Lipinski definition) is 5. The third-order valence-electron chi connectivity index (χ3n) is 5.37. The molecule has 0 radical (unpaired) electrons. The molecule has 0 unspecified atom stereocenters. The van der Waals surface area contributed by atoms with Crippen LogP contribution in [0.3, 0.4) is 0 Å². The zero-order chi connectivity index (χ0) is 24.5. The van der Waals surface area contributed by atoms with Crippen LogP contribution in [0, 0.1) is 0 Å². The van der Waals surface area contributed by atoms with Gasteiger partial charge in [0.1, 0.15) is 22.6 Å². The van der Waals surface area contributed by atoms with Gasteiger partial charge in [-0.15, -0.1) is 0 Å². The van der Waals surface area contributed by atoms with E-state index in [9.17, 15) is 30.0 Å². The van der Waals surface area contributed by atoms with Crippen LogP contribution in [0.4, 0.5) is 0 Å². The first kappa shape index (κ1) is 29.3. The molecule has 0 atom stereocenters. The molecule has 2 rings (SSSR count). The van der Waals surface area contributed by atoms with Crippen LogP contribution >= 0.6 is 23.2 Å². The van der Waals surface area contributed by atoms with Crippen LogP contribution in [0.2, 0.25) is 10.0 Å². The molecule has 186 valence electrons. The van der Waals surface area contributed by atoms with Gasteiger partial charge in [0.25, 0.3) is 0 Å². The Morgan fingerprint density at radius 1 is 0.765 bits per heavy atom. The molecule has 0 aliphatic carbocycles. The maximum absolute atomic E-state index is 11.6. The first-order chi connectivity index (χ1) is 15.7. The van der Waals surface area contributed by atoms with Gasteiger partial charge in [-0.2, -0.15) is 0 Å². The van der Waals surface area contributed by atoms with E-state index < -0.39 is 23.4 Å². The van der Waals surface area contributed by atoms with Crippen molar-refractivity contribution in [2.24, 2.45) is 0 Å². The summed E-state index contributed by atoms with van der Waals surface area (Å²) in [5.41, 5.74) is 0.535. The number of carboxylic acid groups (broad SMARTS) is 2. The fourth-order valence-electron chi connectivity index (χ4n) is 3.59. The molecule has 0 saturated heterocycles. The van der Waals surface area contributed by atoms with Crippen molar-refractivity contribution < 1.29 is 30.0 Å². The minimum absolute atomic E-state index is 0. The third-order valence-corrected chi connectivity index (χ3v) is 5.94. The van der Waals surface area contributed by atoms with Crippen molar-refractivity contribution in [2.75, 3.05) is 0 Å². The summed E-state index contributed by atoms with van der Waals surface area (Å²) >= 11 is 12.2. The van der Waals surface area contributed by atoms with E-state index in [0.29, 0.717) is 23.1 Å². The largest absolute Gasteiger partial charge is 0.505 e. The van der Waals surface area contributed by atoms with Crippen LogP contribution < -0.4 is 6.15 Å². The number of benzene rings is 2. The van der Waals surface area contributed by atoms with E-state index >= 15 is 0 Å². The Morgan fingerprint density at radius 2 is 1.18 bits per heavy atom. The molecule has 0 amide bonds. The molecule has 0 aliphatic rings. The molecule has 0 aromatic heterocycles. The second-order valence-electron chi connectivity index (χ2n) is 7.85. The number of halogens is 2. The van der Waals surface area contributed by atoms with E-state index in [1.165, 1.54) is 49.9 Å². The van der Waals surface area contributed by atoms with Crippen LogP contribution in [0.1, 0.15) is 90.1 Å². The highest BCUT2D eigenvalue weighted by molar-refractivity contribution is 6.33. The van der Waals surface area contributed by atoms with Gasteiger partial charge in [0, 0.05) is 0 Å². The molecule has 7 N–H and O–H groups in total. The smallest absolute Gasteiger partial charge is 0.339 e. The number of carbonyl (C=O) groups is 2. The number of aromatic hydroxyl groups is 2. The highest BCUT2D eigenvalue weighted by Gasteiger charge is 2.20. The minimum atomic E-state index is -1.35. The molecule has 7 nitrogen and oxygen atoms in total. The number of phenols is 2. The summed E-state index contributed by atoms with van der Waals surface area (Å²) in [6.07, 6.45) is 10.4. The summed E-state index contributed by atoms with van der Waals surface area (Å²) in [6, 6.07) is 5.39. The van der Waals surface area contributed by atoms with E-state index in [2.05, 4.69) is 6.92 Å². The standard InChI is InChI=1S/C25H28Cl2O6.H3N/c1-2-3-4-5-6-7-8-9-10-17(15-11-18(24(30)31)22(28)20(26)13-15)16-12-19(25(32)33)23(29)21(27)14-16;/h10-14,28-29H,2-9H2,1H3,(H,30,31)(H,32,33);1H3. The SMILES string of the molecule is CCCCCCCCCC=C(c1cc(Cl)c(O)c(C(=O)O)c1)c1cc(Cl)c(O)c(C(=O)O)c1.N. The van der Waals surface area contributed by atoms with E-state index in [-0.39, 0.29) is 27.3 Å². The number of aromatic carboxylic acids is 2. The summed E-state index contributed by atoms with van der Waals surface area (Å²) in [5, 5.41) is 38.6. The van der Waals surface area contributed by atoms with Gasteiger partial charge in [0.2, 0.25) is 0 Å². The van der Waals surface area contributed by atoms with Crippen LogP contribution in [-0.2, 0) is 0 Å². The molecule has 0 bridgehead atoms. The maximum Gasteiger partial charge on any atom is 0.339 e. The number of rotatable bonds is 12. The molecule has 0 aliphatic heterocycles. The lowest BCUT2D eigenvalue weighted by Crippen LogP contribution is -2.02. The number of allylic oxidation sites excluding steroid dienone is 1. The van der Waals surface area contributed by atoms with Crippen LogP contribution in [0.25, 0.3) is 5.57 Å². The normalized spacial score (nSPS) is 10.4. The molecule has 2 aromatic rings. The molecule has 0 fully saturated rings.